The zero-order valence-electron chi connectivity index (χ0n) is 14.2. The van der Waals surface area contributed by atoms with Crippen LogP contribution in [-0.4, -0.2) is 29.8 Å². The largest absolute Gasteiger partial charge is 0.493 e. The second kappa shape index (κ2) is 5.62. The molecule has 1 aromatic heterocycles. The number of methoxy groups -OCH3 is 1. The fraction of sp³-hybridized carbons (Fsp3) is 0.200. The third kappa shape index (κ3) is 2.26. The number of fused-ring (bicyclic) bond motifs is 3. The van der Waals surface area contributed by atoms with Gasteiger partial charge in [0, 0.05) is 29.0 Å². The van der Waals surface area contributed by atoms with Gasteiger partial charge in [0.1, 0.15) is 6.61 Å². The summed E-state index contributed by atoms with van der Waals surface area (Å²) in [5.74, 6) is 1.47. The molecular weight excluding hydrogens is 330 g/mol. The molecular formula is C20H17N3O3. The Morgan fingerprint density at radius 1 is 1.31 bits per heavy atom. The molecule has 0 saturated heterocycles. The summed E-state index contributed by atoms with van der Waals surface area (Å²) in [4.78, 5) is 12.3. The molecule has 0 spiro atoms. The van der Waals surface area contributed by atoms with Crippen molar-refractivity contribution in [2.24, 2.45) is 0 Å². The average Bonchev–Trinajstić information content (AvgIpc) is 3.12. The van der Waals surface area contributed by atoms with Crippen molar-refractivity contribution in [3.63, 3.8) is 0 Å². The Kier molecular flexibility index (Phi) is 3.25. The zero-order chi connectivity index (χ0) is 17.7. The number of anilines is 1. The van der Waals surface area contributed by atoms with Gasteiger partial charge in [-0.15, -0.1) is 0 Å². The van der Waals surface area contributed by atoms with Crippen LogP contribution in [0.5, 0.6) is 11.5 Å². The number of ether oxygens (including phenoxy) is 2. The first kappa shape index (κ1) is 15.0. The van der Waals surface area contributed by atoms with Gasteiger partial charge in [-0.05, 0) is 35.4 Å². The van der Waals surface area contributed by atoms with Crippen LogP contribution in [0, 0.1) is 0 Å². The SMILES string of the molecule is COc1cccc2c1OCC(C1CC(=O)Nc3cc4[nH]ncc4cc31)=C2. The lowest BCUT2D eigenvalue weighted by molar-refractivity contribution is -0.116. The monoisotopic (exact) mass is 347 g/mol. The maximum absolute atomic E-state index is 12.3. The Labute approximate surface area is 149 Å². The molecule has 6 nitrogen and oxygen atoms in total. The van der Waals surface area contributed by atoms with Gasteiger partial charge in [0.2, 0.25) is 5.91 Å². The Morgan fingerprint density at radius 3 is 3.12 bits per heavy atom. The summed E-state index contributed by atoms with van der Waals surface area (Å²) in [7, 11) is 1.64. The molecule has 3 aromatic rings. The lowest BCUT2D eigenvalue weighted by Crippen LogP contribution is -2.26. The van der Waals surface area contributed by atoms with Crippen LogP contribution in [0.3, 0.4) is 0 Å². The van der Waals surface area contributed by atoms with E-state index in [0.717, 1.165) is 44.8 Å². The van der Waals surface area contributed by atoms with Crippen molar-refractivity contribution in [3.05, 3.63) is 53.2 Å². The van der Waals surface area contributed by atoms with Crippen LogP contribution < -0.4 is 14.8 Å². The predicted molar refractivity (Wildman–Crippen MR) is 98.5 cm³/mol. The number of hydrogen-bond acceptors (Lipinski definition) is 4. The first-order chi connectivity index (χ1) is 12.7. The number of amides is 1. The molecule has 0 saturated carbocycles. The van der Waals surface area contributed by atoms with Gasteiger partial charge in [-0.2, -0.15) is 5.10 Å². The van der Waals surface area contributed by atoms with Crippen LogP contribution in [0.2, 0.25) is 0 Å². The van der Waals surface area contributed by atoms with Gasteiger partial charge < -0.3 is 14.8 Å². The smallest absolute Gasteiger partial charge is 0.225 e. The van der Waals surface area contributed by atoms with Crippen LogP contribution in [-0.2, 0) is 4.79 Å². The van der Waals surface area contributed by atoms with Crippen LogP contribution >= 0.6 is 0 Å². The molecule has 2 aliphatic heterocycles. The molecule has 6 heteroatoms. The molecule has 1 unspecified atom stereocenters. The molecule has 1 atom stereocenters. The van der Waals surface area contributed by atoms with Crippen molar-refractivity contribution in [1.82, 2.24) is 10.2 Å². The van der Waals surface area contributed by atoms with Crippen molar-refractivity contribution < 1.29 is 14.3 Å². The van der Waals surface area contributed by atoms with Crippen LogP contribution in [0.15, 0.2) is 42.1 Å². The number of para-hydroxylation sites is 1. The highest BCUT2D eigenvalue weighted by atomic mass is 16.5. The standard InChI is InChI=1S/C20H17N3O3/c1-25-18-4-2-3-11-5-13(10-26-20(11)18)14-7-19(24)22-17-8-16-12(6-15(14)17)9-21-23-16/h2-6,8-9,14H,7,10H2,1H3,(H,21,23)(H,22,24). The van der Waals surface area contributed by atoms with E-state index in [9.17, 15) is 4.79 Å². The van der Waals surface area contributed by atoms with Gasteiger partial charge in [-0.25, -0.2) is 0 Å². The van der Waals surface area contributed by atoms with Crippen molar-refractivity contribution in [2.75, 3.05) is 19.0 Å². The fourth-order valence-corrected chi connectivity index (χ4v) is 3.79. The number of nitrogens with zero attached hydrogens (tertiary/aromatic N) is 1. The van der Waals surface area contributed by atoms with E-state index in [1.54, 1.807) is 13.3 Å². The van der Waals surface area contributed by atoms with E-state index >= 15 is 0 Å². The fourth-order valence-electron chi connectivity index (χ4n) is 3.79. The molecule has 0 aliphatic carbocycles. The highest BCUT2D eigenvalue weighted by Crippen LogP contribution is 2.43. The minimum absolute atomic E-state index is 0.0127. The molecule has 2 N–H and O–H groups in total. The number of rotatable bonds is 2. The molecule has 5 rings (SSSR count). The first-order valence-corrected chi connectivity index (χ1v) is 8.50. The Bertz CT molecular complexity index is 1070. The van der Waals surface area contributed by atoms with E-state index in [-0.39, 0.29) is 11.8 Å². The maximum atomic E-state index is 12.3. The molecule has 3 heterocycles. The minimum Gasteiger partial charge on any atom is -0.493 e. The van der Waals surface area contributed by atoms with Crippen molar-refractivity contribution >= 4 is 28.6 Å². The summed E-state index contributed by atoms with van der Waals surface area (Å²) in [5.41, 5.74) is 4.90. The van der Waals surface area contributed by atoms with Crippen LogP contribution in [0.4, 0.5) is 5.69 Å². The van der Waals surface area contributed by atoms with Crippen LogP contribution in [0.25, 0.3) is 17.0 Å². The molecule has 0 bridgehead atoms. The highest BCUT2D eigenvalue weighted by Gasteiger charge is 2.31. The lowest BCUT2D eigenvalue weighted by atomic mass is 9.82. The predicted octanol–water partition coefficient (Wildman–Crippen LogP) is 3.47. The normalized spacial score (nSPS) is 18.4. The van der Waals surface area contributed by atoms with E-state index in [2.05, 4.69) is 27.7 Å². The maximum Gasteiger partial charge on any atom is 0.225 e. The van der Waals surface area contributed by atoms with Crippen molar-refractivity contribution in [3.8, 4) is 11.5 Å². The number of aromatic nitrogens is 2. The van der Waals surface area contributed by atoms with E-state index in [1.807, 2.05) is 24.3 Å². The van der Waals surface area contributed by atoms with Gasteiger partial charge in [0.25, 0.3) is 0 Å². The van der Waals surface area contributed by atoms with E-state index in [0.29, 0.717) is 13.0 Å². The van der Waals surface area contributed by atoms with E-state index in [4.69, 9.17) is 9.47 Å². The zero-order valence-corrected chi connectivity index (χ0v) is 14.2. The molecule has 26 heavy (non-hydrogen) atoms. The summed E-state index contributed by atoms with van der Waals surface area (Å²) in [6.07, 6.45) is 4.33. The van der Waals surface area contributed by atoms with Gasteiger partial charge in [0.05, 0.1) is 18.8 Å². The number of nitrogens with one attached hydrogen (secondary N) is 2. The third-order valence-corrected chi connectivity index (χ3v) is 5.05. The average molecular weight is 347 g/mol. The summed E-state index contributed by atoms with van der Waals surface area (Å²) in [6.45, 7) is 0.439. The molecule has 2 aromatic carbocycles. The topological polar surface area (TPSA) is 76.2 Å². The van der Waals surface area contributed by atoms with Gasteiger partial charge >= 0.3 is 0 Å². The van der Waals surface area contributed by atoms with Gasteiger partial charge in [0.15, 0.2) is 11.5 Å². The quantitative estimate of drug-likeness (QED) is 0.744. The Balaban J connectivity index is 1.62. The molecule has 130 valence electrons. The van der Waals surface area contributed by atoms with E-state index in [1.165, 1.54) is 0 Å². The first-order valence-electron chi connectivity index (χ1n) is 8.50. The summed E-state index contributed by atoms with van der Waals surface area (Å²) < 4.78 is 11.4. The molecule has 1 amide bonds. The Hall–Kier alpha value is -3.28. The number of aromatic amines is 1. The number of hydrogen-bond donors (Lipinski definition) is 2. The molecule has 0 fully saturated rings. The lowest BCUT2D eigenvalue weighted by Gasteiger charge is -2.30. The highest BCUT2D eigenvalue weighted by molar-refractivity contribution is 5.98. The number of carbonyl (C=O) groups excluding carboxylic acids is 1. The molecule has 2 aliphatic rings. The third-order valence-electron chi connectivity index (χ3n) is 5.05. The summed E-state index contributed by atoms with van der Waals surface area (Å²) in [6, 6.07) is 9.87. The van der Waals surface area contributed by atoms with Crippen molar-refractivity contribution in [2.45, 2.75) is 12.3 Å². The second-order valence-corrected chi connectivity index (χ2v) is 6.59. The van der Waals surface area contributed by atoms with E-state index < -0.39 is 0 Å². The van der Waals surface area contributed by atoms with Gasteiger partial charge in [-0.1, -0.05) is 12.1 Å². The summed E-state index contributed by atoms with van der Waals surface area (Å²) in [5, 5.41) is 11.0. The summed E-state index contributed by atoms with van der Waals surface area (Å²) >= 11 is 0. The molecule has 0 radical (unpaired) electrons. The number of carbonyl (C=O) groups is 1. The minimum atomic E-state index is -0.0163. The second-order valence-electron chi connectivity index (χ2n) is 6.59. The Morgan fingerprint density at radius 2 is 2.23 bits per heavy atom. The van der Waals surface area contributed by atoms with Crippen molar-refractivity contribution in [1.29, 1.82) is 0 Å². The van der Waals surface area contributed by atoms with Crippen LogP contribution in [0.1, 0.15) is 23.5 Å². The number of H-pyrrole nitrogens is 1. The van der Waals surface area contributed by atoms with Gasteiger partial charge in [-0.3, -0.25) is 9.89 Å². The number of benzene rings is 2.